The molecule has 2 rings (SSSR count). The number of ether oxygens (including phenoxy) is 1. The largest absolute Gasteiger partial charge is 0.467 e. The van der Waals surface area contributed by atoms with E-state index in [2.05, 4.69) is 0 Å². The van der Waals surface area contributed by atoms with Crippen molar-refractivity contribution >= 4 is 28.9 Å². The maximum atomic E-state index is 11.7. The minimum Gasteiger partial charge on any atom is -0.467 e. The molecule has 0 aromatic heterocycles. The summed E-state index contributed by atoms with van der Waals surface area (Å²) < 4.78 is 4.73. The number of hydrogen-bond donors (Lipinski definition) is 0. The monoisotopic (exact) mass is 284 g/mol. The van der Waals surface area contributed by atoms with Crippen LogP contribution in [0.25, 0.3) is 0 Å². The van der Waals surface area contributed by atoms with Crippen LogP contribution >= 0.6 is 11.6 Å². The van der Waals surface area contributed by atoms with Crippen LogP contribution < -0.4 is 4.90 Å². The average Bonchev–Trinajstić information content (AvgIpc) is 2.86. The van der Waals surface area contributed by atoms with E-state index in [-0.39, 0.29) is 16.7 Å². The molecule has 0 saturated carbocycles. The first kappa shape index (κ1) is 13.6. The third kappa shape index (κ3) is 2.49. The molecule has 1 aromatic rings. The van der Waals surface area contributed by atoms with Gasteiger partial charge in [-0.25, -0.2) is 4.79 Å². The second-order valence-corrected chi connectivity index (χ2v) is 4.65. The van der Waals surface area contributed by atoms with Crippen LogP contribution in [-0.2, 0) is 9.53 Å². The number of para-hydroxylation sites is 1. The molecule has 1 aliphatic heterocycles. The van der Waals surface area contributed by atoms with E-state index in [1.54, 1.807) is 17.0 Å². The molecule has 1 heterocycles. The predicted octanol–water partition coefficient (Wildman–Crippen LogP) is 2.39. The van der Waals surface area contributed by atoms with Gasteiger partial charge in [0, 0.05) is 6.54 Å². The number of benzene rings is 1. The molecule has 0 amide bonds. The summed E-state index contributed by atoms with van der Waals surface area (Å²) in [5, 5.41) is 11.2. The van der Waals surface area contributed by atoms with Crippen LogP contribution in [0.2, 0.25) is 5.02 Å². The Morgan fingerprint density at radius 2 is 2.32 bits per heavy atom. The van der Waals surface area contributed by atoms with Crippen molar-refractivity contribution in [3.05, 3.63) is 33.3 Å². The minimum atomic E-state index is -0.523. The summed E-state index contributed by atoms with van der Waals surface area (Å²) in [6, 6.07) is 4.22. The van der Waals surface area contributed by atoms with E-state index in [0.717, 1.165) is 6.42 Å². The highest BCUT2D eigenvalue weighted by atomic mass is 35.5. The first-order chi connectivity index (χ1) is 9.06. The molecular formula is C12H13ClN2O4. The number of methoxy groups -OCH3 is 1. The summed E-state index contributed by atoms with van der Waals surface area (Å²) in [5.74, 6) is -0.383. The van der Waals surface area contributed by atoms with Gasteiger partial charge in [-0.15, -0.1) is 0 Å². The van der Waals surface area contributed by atoms with Crippen molar-refractivity contribution in [2.24, 2.45) is 0 Å². The van der Waals surface area contributed by atoms with E-state index < -0.39 is 11.0 Å². The van der Waals surface area contributed by atoms with Gasteiger partial charge in [-0.05, 0) is 25.0 Å². The SMILES string of the molecule is COC(=O)C1CCCN1c1cccc(Cl)c1[N+](=O)[O-]. The highest BCUT2D eigenvalue weighted by molar-refractivity contribution is 6.33. The summed E-state index contributed by atoms with van der Waals surface area (Å²) in [4.78, 5) is 24.0. The van der Waals surface area contributed by atoms with Gasteiger partial charge in [0.25, 0.3) is 0 Å². The van der Waals surface area contributed by atoms with Crippen LogP contribution in [0.4, 0.5) is 11.4 Å². The van der Waals surface area contributed by atoms with Crippen LogP contribution in [-0.4, -0.2) is 30.6 Å². The summed E-state index contributed by atoms with van der Waals surface area (Å²) in [5.41, 5.74) is 0.199. The Balaban J connectivity index is 2.44. The van der Waals surface area contributed by atoms with Gasteiger partial charge in [0.1, 0.15) is 16.8 Å². The maximum Gasteiger partial charge on any atom is 0.328 e. The Morgan fingerprint density at radius 3 is 2.95 bits per heavy atom. The second-order valence-electron chi connectivity index (χ2n) is 4.24. The number of nitrogens with zero attached hydrogens (tertiary/aromatic N) is 2. The zero-order chi connectivity index (χ0) is 14.0. The zero-order valence-corrected chi connectivity index (χ0v) is 11.1. The molecule has 19 heavy (non-hydrogen) atoms. The van der Waals surface area contributed by atoms with Crippen molar-refractivity contribution < 1.29 is 14.5 Å². The molecule has 7 heteroatoms. The summed E-state index contributed by atoms with van der Waals surface area (Å²) in [6.07, 6.45) is 1.40. The quantitative estimate of drug-likeness (QED) is 0.484. The van der Waals surface area contributed by atoms with E-state index in [9.17, 15) is 14.9 Å². The van der Waals surface area contributed by atoms with Gasteiger partial charge in [0.05, 0.1) is 12.0 Å². The Morgan fingerprint density at radius 1 is 1.58 bits per heavy atom. The molecule has 0 spiro atoms. The molecule has 0 aliphatic carbocycles. The molecule has 1 aliphatic rings. The third-order valence-electron chi connectivity index (χ3n) is 3.18. The first-order valence-corrected chi connectivity index (χ1v) is 6.21. The number of rotatable bonds is 3. The fourth-order valence-electron chi connectivity index (χ4n) is 2.35. The van der Waals surface area contributed by atoms with Gasteiger partial charge < -0.3 is 9.64 Å². The number of nitro benzene ring substituents is 1. The fourth-order valence-corrected chi connectivity index (χ4v) is 2.59. The highest BCUT2D eigenvalue weighted by Crippen LogP contribution is 2.38. The lowest BCUT2D eigenvalue weighted by molar-refractivity contribution is -0.384. The normalized spacial score (nSPS) is 18.4. The number of nitro groups is 1. The van der Waals surface area contributed by atoms with Crippen molar-refractivity contribution in [1.29, 1.82) is 0 Å². The summed E-state index contributed by atoms with van der Waals surface area (Å²) in [7, 11) is 1.31. The third-order valence-corrected chi connectivity index (χ3v) is 3.49. The maximum absolute atomic E-state index is 11.7. The standard InChI is InChI=1S/C12H13ClN2O4/c1-19-12(16)10-6-3-7-14(10)9-5-2-4-8(13)11(9)15(17)18/h2,4-5,10H,3,6-7H2,1H3. The van der Waals surface area contributed by atoms with Crippen molar-refractivity contribution in [2.75, 3.05) is 18.6 Å². The molecule has 1 atom stereocenters. The lowest BCUT2D eigenvalue weighted by atomic mass is 10.2. The van der Waals surface area contributed by atoms with Crippen LogP contribution in [0.15, 0.2) is 18.2 Å². The molecule has 1 fully saturated rings. The number of carbonyl (C=O) groups is 1. The number of carbonyl (C=O) groups excluding carboxylic acids is 1. The Hall–Kier alpha value is -1.82. The number of halogens is 1. The predicted molar refractivity (Wildman–Crippen MR) is 70.5 cm³/mol. The lowest BCUT2D eigenvalue weighted by Crippen LogP contribution is -2.37. The van der Waals surface area contributed by atoms with Crippen LogP contribution in [0.5, 0.6) is 0 Å². The second kappa shape index (κ2) is 5.44. The number of esters is 1. The molecule has 1 unspecified atom stereocenters. The van der Waals surface area contributed by atoms with Gasteiger partial charge >= 0.3 is 11.7 Å². The molecule has 6 nitrogen and oxygen atoms in total. The van der Waals surface area contributed by atoms with Crippen molar-refractivity contribution in [2.45, 2.75) is 18.9 Å². The van der Waals surface area contributed by atoms with Crippen LogP contribution in [0.3, 0.4) is 0 Å². The van der Waals surface area contributed by atoms with Crippen LogP contribution in [0.1, 0.15) is 12.8 Å². The van der Waals surface area contributed by atoms with E-state index in [1.165, 1.54) is 13.2 Å². The smallest absolute Gasteiger partial charge is 0.328 e. The van der Waals surface area contributed by atoms with Crippen molar-refractivity contribution in [1.82, 2.24) is 0 Å². The molecule has 0 N–H and O–H groups in total. The van der Waals surface area contributed by atoms with E-state index in [1.807, 2.05) is 0 Å². The molecular weight excluding hydrogens is 272 g/mol. The molecule has 0 radical (unpaired) electrons. The van der Waals surface area contributed by atoms with Gasteiger partial charge in [0.15, 0.2) is 0 Å². The Kier molecular flexibility index (Phi) is 3.90. The summed E-state index contributed by atoms with van der Waals surface area (Å²) >= 11 is 5.88. The van der Waals surface area contributed by atoms with Gasteiger partial charge in [-0.3, -0.25) is 10.1 Å². The first-order valence-electron chi connectivity index (χ1n) is 5.83. The molecule has 102 valence electrons. The van der Waals surface area contributed by atoms with Crippen LogP contribution in [0, 0.1) is 10.1 Å². The Labute approximate surface area is 115 Å². The fraction of sp³-hybridized carbons (Fsp3) is 0.417. The van der Waals surface area contributed by atoms with E-state index in [4.69, 9.17) is 16.3 Å². The minimum absolute atomic E-state index is 0.0676. The topological polar surface area (TPSA) is 72.7 Å². The molecule has 1 saturated heterocycles. The van der Waals surface area contributed by atoms with Crippen molar-refractivity contribution in [3.63, 3.8) is 0 Å². The highest BCUT2D eigenvalue weighted by Gasteiger charge is 2.35. The molecule has 0 bridgehead atoms. The van der Waals surface area contributed by atoms with Crippen molar-refractivity contribution in [3.8, 4) is 0 Å². The van der Waals surface area contributed by atoms with E-state index in [0.29, 0.717) is 18.7 Å². The number of anilines is 1. The lowest BCUT2D eigenvalue weighted by Gasteiger charge is -2.24. The zero-order valence-electron chi connectivity index (χ0n) is 10.3. The molecule has 1 aromatic carbocycles. The van der Waals surface area contributed by atoms with Gasteiger partial charge in [-0.1, -0.05) is 17.7 Å². The van der Waals surface area contributed by atoms with Gasteiger partial charge in [0.2, 0.25) is 0 Å². The Bertz CT molecular complexity index is 520. The average molecular weight is 285 g/mol. The number of hydrogen-bond acceptors (Lipinski definition) is 5. The van der Waals surface area contributed by atoms with E-state index >= 15 is 0 Å². The summed E-state index contributed by atoms with van der Waals surface area (Å²) in [6.45, 7) is 0.570. The van der Waals surface area contributed by atoms with Gasteiger partial charge in [-0.2, -0.15) is 0 Å².